The van der Waals surface area contributed by atoms with Crippen LogP contribution in [0.5, 0.6) is 0 Å². The summed E-state index contributed by atoms with van der Waals surface area (Å²) in [7, 11) is -5.07. The maximum absolute atomic E-state index is 13.0. The normalized spacial score (nSPS) is 19.4. The zero-order valence-corrected chi connectivity index (χ0v) is 46.0. The van der Waals surface area contributed by atoms with Gasteiger partial charge in [-0.15, -0.1) is 0 Å². The topological polar surface area (TPSA) is 178 Å². The zero-order valence-electron chi connectivity index (χ0n) is 45.2. The molecule has 0 aromatic carbocycles. The molecule has 6 unspecified atom stereocenters. The van der Waals surface area contributed by atoms with E-state index < -0.39 is 59.8 Å². The Balaban J connectivity index is 2.31. The van der Waals surface area contributed by atoms with Crippen LogP contribution in [0, 0.1) is 0 Å². The van der Waals surface area contributed by atoms with E-state index in [1.807, 2.05) is 0 Å². The second-order valence-corrected chi connectivity index (χ2v) is 20.6. The number of carbonyl (C=O) groups is 1. The van der Waals surface area contributed by atoms with Crippen LogP contribution in [-0.4, -0.2) is 97.5 Å². The summed E-state index contributed by atoms with van der Waals surface area (Å²) < 4.78 is 59.4. The quantitative estimate of drug-likeness (QED) is 0.0196. The van der Waals surface area contributed by atoms with E-state index in [-0.39, 0.29) is 19.6 Å². The first-order chi connectivity index (χ1) is 35.1. The van der Waals surface area contributed by atoms with Crippen LogP contribution >= 0.6 is 0 Å². The molecule has 0 bridgehead atoms. The third kappa shape index (κ3) is 41.8. The van der Waals surface area contributed by atoms with Crippen molar-refractivity contribution in [1.82, 2.24) is 0 Å². The lowest BCUT2D eigenvalue weighted by Crippen LogP contribution is -2.60. The monoisotopic (exact) mass is 1040 g/mol. The lowest BCUT2D eigenvalue weighted by atomic mass is 9.99. The fourth-order valence-electron chi connectivity index (χ4n) is 8.56. The summed E-state index contributed by atoms with van der Waals surface area (Å²) in [4.78, 5) is 13.0. The molecule has 1 rings (SSSR count). The summed E-state index contributed by atoms with van der Waals surface area (Å²) in [6, 6.07) is 0. The fraction of sp³-hybridized carbons (Fsp3) is 0.780. The van der Waals surface area contributed by atoms with Crippen molar-refractivity contribution in [3.63, 3.8) is 0 Å². The van der Waals surface area contributed by atoms with Crippen molar-refractivity contribution < 1.29 is 56.2 Å². The molecule has 1 aliphatic heterocycles. The number of hydrogen-bond acceptors (Lipinski definition) is 11. The molecule has 1 saturated heterocycles. The smallest absolute Gasteiger partial charge is 0.397 e. The number of rotatable bonds is 50. The van der Waals surface area contributed by atoms with Crippen LogP contribution in [0.25, 0.3) is 0 Å². The Labute approximate surface area is 439 Å². The van der Waals surface area contributed by atoms with Crippen LogP contribution in [-0.2, 0) is 38.3 Å². The van der Waals surface area contributed by atoms with Crippen LogP contribution in [0.4, 0.5) is 0 Å². The van der Waals surface area contributed by atoms with E-state index in [4.69, 9.17) is 18.9 Å². The van der Waals surface area contributed by atoms with Gasteiger partial charge in [0.25, 0.3) is 0 Å². The summed E-state index contributed by atoms with van der Waals surface area (Å²) in [5.41, 5.74) is 0. The van der Waals surface area contributed by atoms with Gasteiger partial charge in [0.05, 0.1) is 19.8 Å². The number of aliphatic hydroxyl groups is 3. The summed E-state index contributed by atoms with van der Waals surface area (Å²) in [5, 5.41) is 30.8. The van der Waals surface area contributed by atoms with E-state index in [0.717, 1.165) is 89.9 Å². The van der Waals surface area contributed by atoms with Crippen LogP contribution in [0.1, 0.15) is 232 Å². The minimum atomic E-state index is -5.07. The molecule has 13 heteroatoms. The standard InChI is InChI=1S/C59H104O12S/c1-3-5-7-9-11-13-15-17-19-21-23-24-25-26-27-28-29-31-33-35-37-39-41-43-45-47-49-67-51-53(52-68-59-57(63)58(71-72(64,65)66)56(62)54(50-60)70-59)69-55(61)48-46-44-42-40-38-36-34-32-30-22-20-18-16-14-12-10-8-6-4-2/h5,7,11,13,17,19,23-24,26-27,29,31,53-54,56-60,62-63H,3-4,6,8-10,12,14-16,18,20-22,25,28,30,32-52H2,1-2H3,(H,64,65,66)/b7-5-,13-11-,19-17-,24-23-,27-26-,31-29-. The third-order valence-electron chi connectivity index (χ3n) is 12.8. The SMILES string of the molecule is CC/C=C\C/C=C\C/C=C\C/C=C\C/C=C\C/C=C\CCCCCCCCCOCC(COC1OC(CO)C(O)C(OS(=O)(=O)O)C1O)OC(=O)CCCCCCCCCCCCCCCCCCCCC. The lowest BCUT2D eigenvalue weighted by molar-refractivity contribution is -0.301. The van der Waals surface area contributed by atoms with Crippen molar-refractivity contribution in [3.8, 4) is 0 Å². The predicted molar refractivity (Wildman–Crippen MR) is 294 cm³/mol. The molecule has 418 valence electrons. The second kappa shape index (κ2) is 49.4. The van der Waals surface area contributed by atoms with Crippen LogP contribution < -0.4 is 0 Å². The van der Waals surface area contributed by atoms with Crippen LogP contribution in [0.2, 0.25) is 0 Å². The highest BCUT2D eigenvalue weighted by molar-refractivity contribution is 7.80. The van der Waals surface area contributed by atoms with E-state index in [0.29, 0.717) is 13.0 Å². The average Bonchev–Trinajstić information content (AvgIpc) is 3.36. The van der Waals surface area contributed by atoms with Gasteiger partial charge in [-0.3, -0.25) is 9.35 Å². The Hall–Kier alpha value is -2.46. The second-order valence-electron chi connectivity index (χ2n) is 19.5. The Bertz CT molecular complexity index is 1520. The maximum Gasteiger partial charge on any atom is 0.397 e. The highest BCUT2D eigenvalue weighted by Gasteiger charge is 2.48. The number of allylic oxidation sites excluding steroid dienone is 12. The minimum absolute atomic E-state index is 0.0271. The van der Waals surface area contributed by atoms with Crippen molar-refractivity contribution in [2.24, 2.45) is 0 Å². The molecule has 1 heterocycles. The largest absolute Gasteiger partial charge is 0.457 e. The van der Waals surface area contributed by atoms with Crippen molar-refractivity contribution in [3.05, 3.63) is 72.9 Å². The summed E-state index contributed by atoms with van der Waals surface area (Å²) in [6.45, 7) is 3.88. The summed E-state index contributed by atoms with van der Waals surface area (Å²) in [6.07, 6.45) is 56.5. The lowest BCUT2D eigenvalue weighted by Gasteiger charge is -2.41. The molecule has 6 atom stereocenters. The number of hydrogen-bond donors (Lipinski definition) is 4. The van der Waals surface area contributed by atoms with E-state index >= 15 is 0 Å². The highest BCUT2D eigenvalue weighted by atomic mass is 32.3. The van der Waals surface area contributed by atoms with Gasteiger partial charge in [-0.2, -0.15) is 8.42 Å². The number of unbranched alkanes of at least 4 members (excludes halogenated alkanes) is 25. The first kappa shape index (κ1) is 67.6. The third-order valence-corrected chi connectivity index (χ3v) is 13.3. The highest BCUT2D eigenvalue weighted by Crippen LogP contribution is 2.26. The number of aliphatic hydroxyl groups excluding tert-OH is 3. The van der Waals surface area contributed by atoms with Gasteiger partial charge in [0, 0.05) is 13.0 Å². The van der Waals surface area contributed by atoms with Gasteiger partial charge in [-0.1, -0.05) is 234 Å². The van der Waals surface area contributed by atoms with Crippen molar-refractivity contribution in [2.75, 3.05) is 26.4 Å². The van der Waals surface area contributed by atoms with Crippen molar-refractivity contribution >= 4 is 16.4 Å². The molecule has 12 nitrogen and oxygen atoms in total. The summed E-state index contributed by atoms with van der Waals surface area (Å²) >= 11 is 0. The van der Waals surface area contributed by atoms with Gasteiger partial charge in [-0.05, 0) is 64.2 Å². The van der Waals surface area contributed by atoms with Crippen molar-refractivity contribution in [2.45, 2.75) is 269 Å². The van der Waals surface area contributed by atoms with Gasteiger partial charge in [0.1, 0.15) is 30.5 Å². The summed E-state index contributed by atoms with van der Waals surface area (Å²) in [5.74, 6) is -0.402. The van der Waals surface area contributed by atoms with Crippen LogP contribution in [0.15, 0.2) is 72.9 Å². The molecular weight excluding hydrogens is 933 g/mol. The molecular formula is C59H104O12S. The van der Waals surface area contributed by atoms with Gasteiger partial charge in [-0.25, -0.2) is 4.18 Å². The Morgan fingerprint density at radius 3 is 1.40 bits per heavy atom. The van der Waals surface area contributed by atoms with Crippen LogP contribution in [0.3, 0.4) is 0 Å². The Kier molecular flexibility index (Phi) is 46.4. The minimum Gasteiger partial charge on any atom is -0.457 e. The molecule has 0 aromatic rings. The van der Waals surface area contributed by atoms with E-state index in [1.54, 1.807) is 0 Å². The zero-order chi connectivity index (χ0) is 52.4. The Morgan fingerprint density at radius 1 is 0.542 bits per heavy atom. The van der Waals surface area contributed by atoms with Gasteiger partial charge in [0.15, 0.2) is 6.29 Å². The number of ether oxygens (including phenoxy) is 4. The average molecular weight is 1040 g/mol. The fourth-order valence-corrected chi connectivity index (χ4v) is 9.07. The van der Waals surface area contributed by atoms with E-state index in [1.165, 1.54) is 116 Å². The van der Waals surface area contributed by atoms with E-state index in [2.05, 4.69) is 90.9 Å². The molecule has 0 aromatic heterocycles. The molecule has 1 aliphatic rings. The van der Waals surface area contributed by atoms with E-state index in [9.17, 15) is 33.1 Å². The van der Waals surface area contributed by atoms with Gasteiger partial charge in [0.2, 0.25) is 0 Å². The molecule has 1 fully saturated rings. The number of esters is 1. The molecule has 0 amide bonds. The molecule has 0 radical (unpaired) electrons. The van der Waals surface area contributed by atoms with Gasteiger partial charge >= 0.3 is 16.4 Å². The first-order valence-corrected chi connectivity index (χ1v) is 30.1. The maximum atomic E-state index is 13.0. The molecule has 0 aliphatic carbocycles. The molecule has 72 heavy (non-hydrogen) atoms. The predicted octanol–water partition coefficient (Wildman–Crippen LogP) is 14.2. The number of carbonyl (C=O) groups excluding carboxylic acids is 1. The van der Waals surface area contributed by atoms with Gasteiger partial charge < -0.3 is 34.3 Å². The van der Waals surface area contributed by atoms with Crippen molar-refractivity contribution in [1.29, 1.82) is 0 Å². The molecule has 4 N–H and O–H groups in total. The first-order valence-electron chi connectivity index (χ1n) is 28.7. The molecule has 0 saturated carbocycles. The Morgan fingerprint density at radius 2 is 0.958 bits per heavy atom. The molecule has 0 spiro atoms.